The Hall–Kier alpha value is -3.79. The van der Waals surface area contributed by atoms with Crippen LogP contribution >= 0.6 is 0 Å². The zero-order valence-electron chi connectivity index (χ0n) is 14.9. The van der Waals surface area contributed by atoms with Crippen molar-refractivity contribution in [3.8, 4) is 5.82 Å². The van der Waals surface area contributed by atoms with Crippen molar-refractivity contribution in [2.75, 3.05) is 16.2 Å². The molecule has 0 atom stereocenters. The summed E-state index contributed by atoms with van der Waals surface area (Å²) < 4.78 is 27.0. The van der Waals surface area contributed by atoms with Gasteiger partial charge in [-0.15, -0.1) is 4.80 Å². The Morgan fingerprint density at radius 3 is 2.48 bits per heavy atom. The van der Waals surface area contributed by atoms with Gasteiger partial charge < -0.3 is 5.32 Å². The second-order valence-electron chi connectivity index (χ2n) is 6.41. The monoisotopic (exact) mass is 406 g/mol. The minimum Gasteiger partial charge on any atom is -0.323 e. The molecule has 10 heteroatoms. The van der Waals surface area contributed by atoms with E-state index < -0.39 is 15.9 Å². The molecular formula is C19H14N6O3S. The van der Waals surface area contributed by atoms with Crippen molar-refractivity contribution in [1.29, 1.82) is 0 Å². The molecule has 1 aliphatic heterocycles. The number of rotatable bonds is 4. The highest BCUT2D eigenvalue weighted by atomic mass is 32.2. The third kappa shape index (κ3) is 2.81. The largest absolute Gasteiger partial charge is 0.323 e. The van der Waals surface area contributed by atoms with E-state index in [1.54, 1.807) is 36.4 Å². The number of nitrogens with zero attached hydrogens (tertiary/aromatic N) is 5. The zero-order valence-corrected chi connectivity index (χ0v) is 15.7. The van der Waals surface area contributed by atoms with E-state index in [1.165, 1.54) is 23.4 Å². The van der Waals surface area contributed by atoms with Crippen molar-refractivity contribution < 1.29 is 13.2 Å². The Morgan fingerprint density at radius 1 is 1.00 bits per heavy atom. The van der Waals surface area contributed by atoms with E-state index in [0.29, 0.717) is 22.6 Å². The van der Waals surface area contributed by atoms with Crippen LogP contribution in [-0.4, -0.2) is 40.8 Å². The third-order valence-corrected chi connectivity index (χ3v) is 6.43. The molecule has 0 spiro atoms. The predicted octanol–water partition coefficient (Wildman–Crippen LogP) is 1.96. The molecule has 0 bridgehead atoms. The molecule has 0 radical (unpaired) electrons. The minimum absolute atomic E-state index is 0.219. The fourth-order valence-electron chi connectivity index (χ4n) is 3.37. The predicted molar refractivity (Wildman–Crippen MR) is 106 cm³/mol. The van der Waals surface area contributed by atoms with Gasteiger partial charge in [0.15, 0.2) is 5.82 Å². The van der Waals surface area contributed by atoms with E-state index in [2.05, 4.69) is 20.5 Å². The number of benzene rings is 2. The van der Waals surface area contributed by atoms with Crippen LogP contribution in [0.4, 0.5) is 11.4 Å². The van der Waals surface area contributed by atoms with E-state index >= 15 is 0 Å². The van der Waals surface area contributed by atoms with Crippen LogP contribution in [-0.2, 0) is 14.8 Å². The van der Waals surface area contributed by atoms with Gasteiger partial charge >= 0.3 is 0 Å². The lowest BCUT2D eigenvalue weighted by molar-refractivity contribution is -0.114. The maximum Gasteiger partial charge on any atom is 0.265 e. The molecule has 1 amide bonds. The summed E-state index contributed by atoms with van der Waals surface area (Å²) in [6.45, 7) is -0.335. The highest BCUT2D eigenvalue weighted by Gasteiger charge is 2.36. The molecule has 0 aliphatic carbocycles. The summed E-state index contributed by atoms with van der Waals surface area (Å²) in [5.74, 6) is 0.0300. The molecule has 1 N–H and O–H groups in total. The Bertz CT molecular complexity index is 1330. The lowest BCUT2D eigenvalue weighted by Gasteiger charge is -2.18. The van der Waals surface area contributed by atoms with Crippen molar-refractivity contribution in [3.05, 3.63) is 67.1 Å². The summed E-state index contributed by atoms with van der Waals surface area (Å²) >= 11 is 0. The molecule has 2 aromatic heterocycles. The van der Waals surface area contributed by atoms with E-state index in [-0.39, 0.29) is 11.4 Å². The van der Waals surface area contributed by atoms with E-state index in [1.807, 2.05) is 12.1 Å². The fraction of sp³-hybridized carbons (Fsp3) is 0.0526. The molecule has 0 saturated heterocycles. The van der Waals surface area contributed by atoms with Gasteiger partial charge in [0, 0.05) is 5.39 Å². The Balaban J connectivity index is 1.38. The van der Waals surface area contributed by atoms with Gasteiger partial charge in [-0.2, -0.15) is 10.2 Å². The van der Waals surface area contributed by atoms with Gasteiger partial charge in [0.2, 0.25) is 5.91 Å². The first-order chi connectivity index (χ1) is 14.0. The smallest absolute Gasteiger partial charge is 0.265 e. The molecule has 4 aromatic rings. The van der Waals surface area contributed by atoms with Crippen LogP contribution in [0.2, 0.25) is 0 Å². The summed E-state index contributed by atoms with van der Waals surface area (Å²) in [7, 11) is -3.79. The molecule has 1 aliphatic rings. The standard InChI is InChI=1S/C19H14N6O3S/c26-18(23-14-7-8-17(20-11-14)25-21-9-10-22-25)12-24-15-5-1-3-13-4-2-6-16(19(13)15)29(24,27)28/h1-11H,12H2,(H,23,26). The first-order valence-electron chi connectivity index (χ1n) is 8.71. The number of sulfonamides is 1. The van der Waals surface area contributed by atoms with E-state index in [0.717, 1.165) is 9.69 Å². The number of carbonyl (C=O) groups excluding carboxylic acids is 1. The fourth-order valence-corrected chi connectivity index (χ4v) is 5.04. The summed E-state index contributed by atoms with van der Waals surface area (Å²) in [4.78, 5) is 18.3. The number of hydrogen-bond acceptors (Lipinski definition) is 6. The number of aromatic nitrogens is 4. The quantitative estimate of drug-likeness (QED) is 0.555. The summed E-state index contributed by atoms with van der Waals surface area (Å²) in [6.07, 6.45) is 4.53. The second-order valence-corrected chi connectivity index (χ2v) is 8.25. The van der Waals surface area contributed by atoms with Crippen LogP contribution in [0.5, 0.6) is 0 Å². The maximum atomic E-state index is 12.9. The van der Waals surface area contributed by atoms with Gasteiger partial charge in [0.05, 0.1) is 34.9 Å². The zero-order chi connectivity index (χ0) is 20.0. The van der Waals surface area contributed by atoms with Crippen molar-refractivity contribution in [2.24, 2.45) is 0 Å². The summed E-state index contributed by atoms with van der Waals surface area (Å²) in [5.41, 5.74) is 0.949. The van der Waals surface area contributed by atoms with Gasteiger partial charge in [-0.1, -0.05) is 24.3 Å². The van der Waals surface area contributed by atoms with Crippen LogP contribution in [0.25, 0.3) is 16.6 Å². The van der Waals surface area contributed by atoms with E-state index in [4.69, 9.17) is 0 Å². The second kappa shape index (κ2) is 6.38. The van der Waals surface area contributed by atoms with Gasteiger partial charge in [-0.3, -0.25) is 9.10 Å². The molecule has 5 rings (SSSR count). The van der Waals surface area contributed by atoms with E-state index in [9.17, 15) is 13.2 Å². The first kappa shape index (κ1) is 17.3. The van der Waals surface area contributed by atoms with Crippen LogP contribution in [0.15, 0.2) is 72.0 Å². The molecule has 144 valence electrons. The number of pyridine rings is 1. The minimum atomic E-state index is -3.79. The van der Waals surface area contributed by atoms with Crippen molar-refractivity contribution in [1.82, 2.24) is 20.0 Å². The topological polar surface area (TPSA) is 110 Å². The summed E-state index contributed by atoms with van der Waals surface area (Å²) in [5, 5.41) is 12.1. The molecule has 3 heterocycles. The van der Waals surface area contributed by atoms with Crippen LogP contribution < -0.4 is 9.62 Å². The number of hydrogen-bond donors (Lipinski definition) is 1. The molecule has 29 heavy (non-hydrogen) atoms. The lowest BCUT2D eigenvalue weighted by Crippen LogP contribution is -2.35. The highest BCUT2D eigenvalue weighted by Crippen LogP contribution is 2.41. The number of nitrogens with one attached hydrogen (secondary N) is 1. The summed E-state index contributed by atoms with van der Waals surface area (Å²) in [6, 6.07) is 13.7. The molecule has 2 aromatic carbocycles. The molecule has 0 fully saturated rings. The van der Waals surface area contributed by atoms with Gasteiger partial charge in [-0.25, -0.2) is 13.4 Å². The van der Waals surface area contributed by atoms with Crippen LogP contribution in [0.1, 0.15) is 0 Å². The third-order valence-electron chi connectivity index (χ3n) is 4.62. The van der Waals surface area contributed by atoms with Crippen LogP contribution in [0, 0.1) is 0 Å². The highest BCUT2D eigenvalue weighted by molar-refractivity contribution is 7.93. The molecular weight excluding hydrogens is 392 g/mol. The van der Waals surface area contributed by atoms with Gasteiger partial charge in [0.25, 0.3) is 10.0 Å². The number of anilines is 2. The average molecular weight is 406 g/mol. The first-order valence-corrected chi connectivity index (χ1v) is 10.2. The van der Waals surface area contributed by atoms with Crippen molar-refractivity contribution in [3.63, 3.8) is 0 Å². The molecule has 9 nitrogen and oxygen atoms in total. The average Bonchev–Trinajstić information content (AvgIpc) is 3.32. The Kier molecular flexibility index (Phi) is 3.81. The normalized spacial score (nSPS) is 14.3. The van der Waals surface area contributed by atoms with Gasteiger partial charge in [-0.05, 0) is 29.7 Å². The van der Waals surface area contributed by atoms with Crippen molar-refractivity contribution in [2.45, 2.75) is 4.90 Å². The van der Waals surface area contributed by atoms with Crippen molar-refractivity contribution >= 4 is 38.1 Å². The van der Waals surface area contributed by atoms with Crippen LogP contribution in [0.3, 0.4) is 0 Å². The van der Waals surface area contributed by atoms with Gasteiger partial charge in [0.1, 0.15) is 6.54 Å². The number of amides is 1. The number of carbonyl (C=O) groups is 1. The Morgan fingerprint density at radius 2 is 1.76 bits per heavy atom. The molecule has 0 unspecified atom stereocenters. The Labute approximate surface area is 165 Å². The maximum absolute atomic E-state index is 12.9. The lowest BCUT2D eigenvalue weighted by atomic mass is 10.1. The SMILES string of the molecule is O=C(CN1c2cccc3cccc(c23)S1(=O)=O)Nc1ccc(-n2nccn2)nc1. The molecule has 0 saturated carbocycles.